The van der Waals surface area contributed by atoms with Gasteiger partial charge >= 0.3 is 5.97 Å². The van der Waals surface area contributed by atoms with Gasteiger partial charge in [0.1, 0.15) is 11.9 Å². The summed E-state index contributed by atoms with van der Waals surface area (Å²) in [5.41, 5.74) is 1.12. The molecular formula is C18H14ClFN2O3. The van der Waals surface area contributed by atoms with Crippen LogP contribution in [0.1, 0.15) is 18.1 Å². The molecule has 2 aromatic rings. The number of amides is 1. The number of carbonyl (C=O) groups is 2. The maximum absolute atomic E-state index is 13.1. The van der Waals surface area contributed by atoms with E-state index in [4.69, 9.17) is 21.6 Å². The molecule has 1 amide bonds. The number of rotatable bonds is 5. The van der Waals surface area contributed by atoms with Crippen molar-refractivity contribution in [1.29, 1.82) is 5.26 Å². The first-order valence-electron chi connectivity index (χ1n) is 7.33. The van der Waals surface area contributed by atoms with Gasteiger partial charge in [0, 0.05) is 5.69 Å². The van der Waals surface area contributed by atoms with Gasteiger partial charge in [-0.2, -0.15) is 5.26 Å². The van der Waals surface area contributed by atoms with Gasteiger partial charge < -0.3 is 10.1 Å². The highest BCUT2D eigenvalue weighted by Gasteiger charge is 2.18. The third-order valence-electron chi connectivity index (χ3n) is 3.27. The van der Waals surface area contributed by atoms with E-state index in [2.05, 4.69) is 5.32 Å². The van der Waals surface area contributed by atoms with E-state index in [1.165, 1.54) is 43.3 Å². The standard InChI is InChI=1S/C18H14ClFN2O3/c1-11(25-17(23)8-12-3-2-4-14(20)7-12)18(24)22-15-6-5-13(10-21)16(19)9-15/h2-7,9,11H,8H2,1H3,(H,22,24)/t11-/m1/s1. The zero-order valence-corrected chi connectivity index (χ0v) is 14.0. The average Bonchev–Trinajstić information content (AvgIpc) is 2.54. The molecule has 0 fully saturated rings. The number of benzene rings is 2. The topological polar surface area (TPSA) is 79.2 Å². The molecule has 0 aliphatic heterocycles. The Hall–Kier alpha value is -2.91. The summed E-state index contributed by atoms with van der Waals surface area (Å²) in [5.74, 6) is -1.65. The summed E-state index contributed by atoms with van der Waals surface area (Å²) in [4.78, 5) is 23.9. The van der Waals surface area contributed by atoms with Gasteiger partial charge in [0.2, 0.25) is 0 Å². The Morgan fingerprint density at radius 3 is 2.72 bits per heavy atom. The fraction of sp³-hybridized carbons (Fsp3) is 0.167. The lowest BCUT2D eigenvalue weighted by atomic mass is 10.1. The van der Waals surface area contributed by atoms with Crippen molar-refractivity contribution < 1.29 is 18.7 Å². The lowest BCUT2D eigenvalue weighted by molar-refractivity contribution is -0.152. The Labute approximate surface area is 149 Å². The SMILES string of the molecule is C[C@@H](OC(=O)Cc1cccc(F)c1)C(=O)Nc1ccc(C#N)c(Cl)c1. The van der Waals surface area contributed by atoms with Crippen molar-refractivity contribution >= 4 is 29.2 Å². The van der Waals surface area contributed by atoms with Crippen molar-refractivity contribution in [3.8, 4) is 6.07 Å². The van der Waals surface area contributed by atoms with Crippen LogP contribution in [0.5, 0.6) is 0 Å². The maximum Gasteiger partial charge on any atom is 0.311 e. The highest BCUT2D eigenvalue weighted by atomic mass is 35.5. The molecule has 0 radical (unpaired) electrons. The molecule has 25 heavy (non-hydrogen) atoms. The highest BCUT2D eigenvalue weighted by molar-refractivity contribution is 6.32. The minimum Gasteiger partial charge on any atom is -0.452 e. The van der Waals surface area contributed by atoms with E-state index in [1.54, 1.807) is 6.07 Å². The summed E-state index contributed by atoms with van der Waals surface area (Å²) in [6.45, 7) is 1.42. The minimum atomic E-state index is -1.05. The number of nitrogens with zero attached hydrogens (tertiary/aromatic N) is 1. The summed E-state index contributed by atoms with van der Waals surface area (Å²) in [5, 5.41) is 11.6. The number of hydrogen-bond donors (Lipinski definition) is 1. The Morgan fingerprint density at radius 1 is 1.32 bits per heavy atom. The maximum atomic E-state index is 13.1. The van der Waals surface area contributed by atoms with Crippen LogP contribution < -0.4 is 5.32 Å². The summed E-state index contributed by atoms with van der Waals surface area (Å²) >= 11 is 5.89. The molecule has 0 aliphatic rings. The van der Waals surface area contributed by atoms with Crippen LogP contribution in [0, 0.1) is 17.1 Å². The minimum absolute atomic E-state index is 0.141. The average molecular weight is 361 g/mol. The lowest BCUT2D eigenvalue weighted by Gasteiger charge is -2.14. The van der Waals surface area contributed by atoms with Crippen molar-refractivity contribution in [1.82, 2.24) is 0 Å². The van der Waals surface area contributed by atoms with E-state index in [-0.39, 0.29) is 17.0 Å². The number of nitrogens with one attached hydrogen (secondary N) is 1. The summed E-state index contributed by atoms with van der Waals surface area (Å²) in [6, 6.07) is 11.9. The molecule has 1 atom stereocenters. The smallest absolute Gasteiger partial charge is 0.311 e. The second-order valence-corrected chi connectivity index (χ2v) is 5.64. The number of ether oxygens (including phenoxy) is 1. The highest BCUT2D eigenvalue weighted by Crippen LogP contribution is 2.20. The molecule has 0 aromatic heterocycles. The van der Waals surface area contributed by atoms with Gasteiger partial charge in [0.15, 0.2) is 6.10 Å². The molecule has 7 heteroatoms. The van der Waals surface area contributed by atoms with E-state index in [1.807, 2.05) is 6.07 Å². The van der Waals surface area contributed by atoms with Gasteiger partial charge in [0.25, 0.3) is 5.91 Å². The van der Waals surface area contributed by atoms with Gasteiger partial charge in [-0.3, -0.25) is 9.59 Å². The molecule has 0 saturated heterocycles. The monoisotopic (exact) mass is 360 g/mol. The fourth-order valence-corrected chi connectivity index (χ4v) is 2.26. The van der Waals surface area contributed by atoms with Gasteiger partial charge in [0.05, 0.1) is 17.0 Å². The van der Waals surface area contributed by atoms with Crippen molar-refractivity contribution in [2.24, 2.45) is 0 Å². The van der Waals surface area contributed by atoms with Crippen molar-refractivity contribution in [3.05, 3.63) is 64.4 Å². The summed E-state index contributed by atoms with van der Waals surface area (Å²) < 4.78 is 18.1. The molecule has 5 nitrogen and oxygen atoms in total. The molecule has 2 aromatic carbocycles. The molecule has 2 rings (SSSR count). The third-order valence-corrected chi connectivity index (χ3v) is 3.58. The van der Waals surface area contributed by atoms with Crippen LogP contribution in [0.15, 0.2) is 42.5 Å². The van der Waals surface area contributed by atoms with Crippen molar-refractivity contribution in [2.75, 3.05) is 5.32 Å². The van der Waals surface area contributed by atoms with E-state index >= 15 is 0 Å². The molecule has 0 spiro atoms. The van der Waals surface area contributed by atoms with Crippen LogP contribution >= 0.6 is 11.6 Å². The molecule has 128 valence electrons. The first-order valence-corrected chi connectivity index (χ1v) is 7.71. The first kappa shape index (κ1) is 18.4. The van der Waals surface area contributed by atoms with Crippen LogP contribution in [-0.4, -0.2) is 18.0 Å². The first-order chi connectivity index (χ1) is 11.9. The van der Waals surface area contributed by atoms with Crippen LogP contribution in [-0.2, 0) is 20.7 Å². The van der Waals surface area contributed by atoms with E-state index in [9.17, 15) is 14.0 Å². The molecular weight excluding hydrogens is 347 g/mol. The van der Waals surface area contributed by atoms with Crippen LogP contribution in [0.2, 0.25) is 5.02 Å². The summed E-state index contributed by atoms with van der Waals surface area (Å²) in [6.07, 6.45) is -1.19. The predicted octanol–water partition coefficient (Wildman–Crippen LogP) is 3.46. The molecule has 1 N–H and O–H groups in total. The Kier molecular flexibility index (Phi) is 6.09. The van der Waals surface area contributed by atoms with E-state index in [0.717, 1.165) is 0 Å². The normalized spacial score (nSPS) is 11.3. The number of hydrogen-bond acceptors (Lipinski definition) is 4. The zero-order chi connectivity index (χ0) is 18.4. The van der Waals surface area contributed by atoms with Gasteiger partial charge in [-0.1, -0.05) is 23.7 Å². The zero-order valence-electron chi connectivity index (χ0n) is 13.3. The molecule has 0 heterocycles. The fourth-order valence-electron chi connectivity index (χ4n) is 2.03. The van der Waals surface area contributed by atoms with E-state index in [0.29, 0.717) is 11.3 Å². The molecule has 0 unspecified atom stereocenters. The van der Waals surface area contributed by atoms with E-state index < -0.39 is 23.8 Å². The number of halogens is 2. The van der Waals surface area contributed by atoms with Crippen LogP contribution in [0.4, 0.5) is 10.1 Å². The van der Waals surface area contributed by atoms with Gasteiger partial charge in [-0.15, -0.1) is 0 Å². The Balaban J connectivity index is 1.92. The second kappa shape index (κ2) is 8.27. The Bertz CT molecular complexity index is 848. The van der Waals surface area contributed by atoms with Gasteiger partial charge in [-0.25, -0.2) is 4.39 Å². The number of carbonyl (C=O) groups excluding carboxylic acids is 2. The quantitative estimate of drug-likeness (QED) is 0.828. The number of esters is 1. The number of nitriles is 1. The third kappa shape index (κ3) is 5.30. The number of anilines is 1. The molecule has 0 bridgehead atoms. The van der Waals surface area contributed by atoms with Crippen LogP contribution in [0.3, 0.4) is 0 Å². The van der Waals surface area contributed by atoms with Crippen LogP contribution in [0.25, 0.3) is 0 Å². The lowest BCUT2D eigenvalue weighted by Crippen LogP contribution is -2.30. The Morgan fingerprint density at radius 2 is 2.08 bits per heavy atom. The second-order valence-electron chi connectivity index (χ2n) is 5.23. The predicted molar refractivity (Wildman–Crippen MR) is 90.5 cm³/mol. The largest absolute Gasteiger partial charge is 0.452 e. The summed E-state index contributed by atoms with van der Waals surface area (Å²) in [7, 11) is 0. The van der Waals surface area contributed by atoms with Crippen molar-refractivity contribution in [2.45, 2.75) is 19.4 Å². The van der Waals surface area contributed by atoms with Gasteiger partial charge in [-0.05, 0) is 42.8 Å². The molecule has 0 aliphatic carbocycles. The van der Waals surface area contributed by atoms with Crippen molar-refractivity contribution in [3.63, 3.8) is 0 Å². The molecule has 0 saturated carbocycles.